The van der Waals surface area contributed by atoms with Crippen molar-refractivity contribution in [3.05, 3.63) is 75.6 Å². The molecule has 3 rings (SSSR count). The number of non-ortho nitro benzene ring substituents is 1. The SMILES string of the molecule is Cc1cccc(-n2c(C)nnc2SCc2ccc([N+](=O)[O-])cc2)c1. The summed E-state index contributed by atoms with van der Waals surface area (Å²) in [7, 11) is 0. The van der Waals surface area contributed by atoms with Crippen LogP contribution in [-0.2, 0) is 5.75 Å². The molecule has 0 spiro atoms. The van der Waals surface area contributed by atoms with Crippen molar-refractivity contribution in [2.45, 2.75) is 24.8 Å². The number of nitrogens with zero attached hydrogens (tertiary/aromatic N) is 4. The smallest absolute Gasteiger partial charge is 0.269 e. The van der Waals surface area contributed by atoms with E-state index in [4.69, 9.17) is 0 Å². The molecular weight excluding hydrogens is 324 g/mol. The monoisotopic (exact) mass is 340 g/mol. The fraction of sp³-hybridized carbons (Fsp3) is 0.176. The summed E-state index contributed by atoms with van der Waals surface area (Å²) in [6, 6.07) is 14.8. The molecule has 0 aliphatic heterocycles. The normalized spacial score (nSPS) is 10.8. The Balaban J connectivity index is 1.80. The Morgan fingerprint density at radius 2 is 1.88 bits per heavy atom. The van der Waals surface area contributed by atoms with Crippen molar-refractivity contribution in [3.63, 3.8) is 0 Å². The van der Waals surface area contributed by atoms with Gasteiger partial charge in [-0.05, 0) is 37.1 Å². The summed E-state index contributed by atoms with van der Waals surface area (Å²) >= 11 is 1.56. The Morgan fingerprint density at radius 1 is 1.12 bits per heavy atom. The lowest BCUT2D eigenvalue weighted by atomic mass is 10.2. The van der Waals surface area contributed by atoms with Crippen molar-refractivity contribution >= 4 is 17.4 Å². The summed E-state index contributed by atoms with van der Waals surface area (Å²) < 4.78 is 2.02. The molecule has 24 heavy (non-hydrogen) atoms. The van der Waals surface area contributed by atoms with Gasteiger partial charge in [0.2, 0.25) is 0 Å². The quantitative estimate of drug-likeness (QED) is 0.397. The first-order valence-corrected chi connectivity index (χ1v) is 8.38. The molecular formula is C17H16N4O2S. The summed E-state index contributed by atoms with van der Waals surface area (Å²) in [6.45, 7) is 3.97. The standard InChI is InChI=1S/C17H16N4O2S/c1-12-4-3-5-16(10-12)20-13(2)18-19-17(20)24-11-14-6-8-15(9-7-14)21(22)23/h3-10H,11H2,1-2H3. The average molecular weight is 340 g/mol. The maximum absolute atomic E-state index is 10.7. The van der Waals surface area contributed by atoms with Crippen LogP contribution in [0.25, 0.3) is 5.69 Å². The second kappa shape index (κ2) is 6.84. The molecule has 0 amide bonds. The van der Waals surface area contributed by atoms with Crippen LogP contribution in [0.15, 0.2) is 53.7 Å². The average Bonchev–Trinajstić information content (AvgIpc) is 2.94. The molecule has 2 aromatic carbocycles. The van der Waals surface area contributed by atoms with Crippen molar-refractivity contribution < 1.29 is 4.92 Å². The molecule has 0 aliphatic rings. The fourth-order valence-electron chi connectivity index (χ4n) is 2.36. The minimum absolute atomic E-state index is 0.0996. The Kier molecular flexibility index (Phi) is 4.61. The van der Waals surface area contributed by atoms with E-state index in [0.29, 0.717) is 5.75 Å². The number of nitro benzene ring substituents is 1. The second-order valence-electron chi connectivity index (χ2n) is 5.42. The van der Waals surface area contributed by atoms with E-state index >= 15 is 0 Å². The van der Waals surface area contributed by atoms with Crippen LogP contribution in [0.5, 0.6) is 0 Å². The number of aromatic nitrogens is 3. The molecule has 7 heteroatoms. The molecule has 122 valence electrons. The van der Waals surface area contributed by atoms with Gasteiger partial charge < -0.3 is 0 Å². The van der Waals surface area contributed by atoms with E-state index < -0.39 is 4.92 Å². The van der Waals surface area contributed by atoms with Gasteiger partial charge in [-0.15, -0.1) is 10.2 Å². The van der Waals surface area contributed by atoms with Crippen LogP contribution in [0.4, 0.5) is 5.69 Å². The first-order valence-electron chi connectivity index (χ1n) is 7.40. The van der Waals surface area contributed by atoms with Crippen LogP contribution < -0.4 is 0 Å². The van der Waals surface area contributed by atoms with E-state index in [0.717, 1.165) is 22.2 Å². The van der Waals surface area contributed by atoms with Crippen molar-refractivity contribution in [3.8, 4) is 5.69 Å². The summed E-state index contributed by atoms with van der Waals surface area (Å²) in [5.41, 5.74) is 3.31. The predicted octanol–water partition coefficient (Wildman–Crippen LogP) is 4.08. The molecule has 0 fully saturated rings. The Hall–Kier alpha value is -2.67. The molecule has 0 radical (unpaired) electrons. The van der Waals surface area contributed by atoms with Gasteiger partial charge in [-0.2, -0.15) is 0 Å². The third-order valence-corrected chi connectivity index (χ3v) is 4.57. The van der Waals surface area contributed by atoms with E-state index in [1.165, 1.54) is 17.7 Å². The minimum atomic E-state index is -0.394. The van der Waals surface area contributed by atoms with Gasteiger partial charge in [0.05, 0.1) is 4.92 Å². The van der Waals surface area contributed by atoms with Crippen molar-refractivity contribution in [2.24, 2.45) is 0 Å². The maximum Gasteiger partial charge on any atom is 0.269 e. The Bertz CT molecular complexity index is 875. The highest BCUT2D eigenvalue weighted by atomic mass is 32.2. The number of thioether (sulfide) groups is 1. The van der Waals surface area contributed by atoms with Crippen LogP contribution >= 0.6 is 11.8 Å². The Labute approximate surface area is 143 Å². The predicted molar refractivity (Wildman–Crippen MR) is 93.5 cm³/mol. The largest absolute Gasteiger partial charge is 0.274 e. The van der Waals surface area contributed by atoms with Crippen LogP contribution in [-0.4, -0.2) is 19.7 Å². The lowest BCUT2D eigenvalue weighted by molar-refractivity contribution is -0.384. The third kappa shape index (κ3) is 3.46. The second-order valence-corrected chi connectivity index (χ2v) is 6.36. The van der Waals surface area contributed by atoms with Gasteiger partial charge in [0.15, 0.2) is 5.16 Å². The van der Waals surface area contributed by atoms with E-state index in [9.17, 15) is 10.1 Å². The molecule has 0 N–H and O–H groups in total. The topological polar surface area (TPSA) is 73.8 Å². The number of benzene rings is 2. The van der Waals surface area contributed by atoms with Gasteiger partial charge in [-0.1, -0.05) is 36.0 Å². The van der Waals surface area contributed by atoms with E-state index in [2.05, 4.69) is 16.3 Å². The van der Waals surface area contributed by atoms with Crippen LogP contribution in [0.2, 0.25) is 0 Å². The first kappa shape index (κ1) is 16.2. The molecule has 0 saturated carbocycles. The fourth-order valence-corrected chi connectivity index (χ4v) is 3.32. The number of aryl methyl sites for hydroxylation is 2. The van der Waals surface area contributed by atoms with Crippen LogP contribution in [0.1, 0.15) is 17.0 Å². The lowest BCUT2D eigenvalue weighted by Gasteiger charge is -2.09. The van der Waals surface area contributed by atoms with E-state index in [-0.39, 0.29) is 5.69 Å². The minimum Gasteiger partial charge on any atom is -0.274 e. The van der Waals surface area contributed by atoms with Gasteiger partial charge in [-0.25, -0.2) is 0 Å². The van der Waals surface area contributed by atoms with Gasteiger partial charge in [-0.3, -0.25) is 14.7 Å². The van der Waals surface area contributed by atoms with Gasteiger partial charge in [0, 0.05) is 23.6 Å². The van der Waals surface area contributed by atoms with Gasteiger partial charge >= 0.3 is 0 Å². The molecule has 0 unspecified atom stereocenters. The summed E-state index contributed by atoms with van der Waals surface area (Å²) in [6.07, 6.45) is 0. The van der Waals surface area contributed by atoms with Gasteiger partial charge in [0.1, 0.15) is 5.82 Å². The summed E-state index contributed by atoms with van der Waals surface area (Å²) in [5, 5.41) is 19.9. The molecule has 6 nitrogen and oxygen atoms in total. The highest BCUT2D eigenvalue weighted by Crippen LogP contribution is 2.26. The zero-order chi connectivity index (χ0) is 17.1. The van der Waals surface area contributed by atoms with Crippen molar-refractivity contribution in [1.82, 2.24) is 14.8 Å². The molecule has 0 saturated heterocycles. The zero-order valence-corrected chi connectivity index (χ0v) is 14.2. The maximum atomic E-state index is 10.7. The van der Waals surface area contributed by atoms with Crippen molar-refractivity contribution in [1.29, 1.82) is 0 Å². The van der Waals surface area contributed by atoms with Crippen LogP contribution in [0.3, 0.4) is 0 Å². The highest BCUT2D eigenvalue weighted by molar-refractivity contribution is 7.98. The van der Waals surface area contributed by atoms with E-state index in [1.54, 1.807) is 23.9 Å². The van der Waals surface area contributed by atoms with Crippen LogP contribution in [0, 0.1) is 24.0 Å². The number of hydrogen-bond acceptors (Lipinski definition) is 5. The number of hydrogen-bond donors (Lipinski definition) is 0. The first-order chi connectivity index (χ1) is 11.5. The molecule has 3 aromatic rings. The molecule has 1 aromatic heterocycles. The molecule has 0 bridgehead atoms. The molecule has 1 heterocycles. The number of nitro groups is 1. The molecule has 0 atom stereocenters. The summed E-state index contributed by atoms with van der Waals surface area (Å²) in [5.74, 6) is 1.49. The Morgan fingerprint density at radius 3 is 2.54 bits per heavy atom. The highest BCUT2D eigenvalue weighted by Gasteiger charge is 2.12. The van der Waals surface area contributed by atoms with Gasteiger partial charge in [0.25, 0.3) is 5.69 Å². The zero-order valence-electron chi connectivity index (χ0n) is 13.3. The third-order valence-electron chi connectivity index (χ3n) is 3.57. The van der Waals surface area contributed by atoms with E-state index in [1.807, 2.05) is 36.6 Å². The van der Waals surface area contributed by atoms with Crippen molar-refractivity contribution in [2.75, 3.05) is 0 Å². The molecule has 0 aliphatic carbocycles. The number of rotatable bonds is 5. The summed E-state index contributed by atoms with van der Waals surface area (Å²) in [4.78, 5) is 10.3. The lowest BCUT2D eigenvalue weighted by Crippen LogP contribution is -1.99.